The largest absolute Gasteiger partial charge is 0.355 e. The van der Waals surface area contributed by atoms with Crippen LogP contribution in [0.1, 0.15) is 36.4 Å². The van der Waals surface area contributed by atoms with E-state index in [0.29, 0.717) is 0 Å². The quantitative estimate of drug-likeness (QED) is 0.719. The smallest absolute Gasteiger partial charge is 0.160 e. The van der Waals surface area contributed by atoms with Crippen molar-refractivity contribution in [2.45, 2.75) is 41.5 Å². The Kier molecular flexibility index (Phi) is 4.50. The maximum Gasteiger partial charge on any atom is 0.160 e. The summed E-state index contributed by atoms with van der Waals surface area (Å²) in [5.41, 5.74) is 7.90. The van der Waals surface area contributed by atoms with Gasteiger partial charge in [0.2, 0.25) is 0 Å². The van der Waals surface area contributed by atoms with Gasteiger partial charge in [-0.15, -0.1) is 0 Å². The molecule has 0 radical (unpaired) electrons. The first-order chi connectivity index (χ1) is 11.9. The summed E-state index contributed by atoms with van der Waals surface area (Å²) in [4.78, 5) is 11.7. The molecule has 0 spiro atoms. The third-order valence-electron chi connectivity index (χ3n) is 4.75. The van der Waals surface area contributed by atoms with E-state index in [2.05, 4.69) is 56.6 Å². The van der Waals surface area contributed by atoms with Crippen LogP contribution < -0.4 is 4.90 Å². The normalized spacial score (nSPS) is 11.3. The van der Waals surface area contributed by atoms with Crippen LogP contribution in [0.25, 0.3) is 22.3 Å². The highest BCUT2D eigenvalue weighted by Gasteiger charge is 2.22. The molecular formula is C20H27N5. The number of nitrogens with zero attached hydrogens (tertiary/aromatic N) is 5. The summed E-state index contributed by atoms with van der Waals surface area (Å²) >= 11 is 0. The lowest BCUT2D eigenvalue weighted by atomic mass is 9.96. The Bertz CT molecular complexity index is 912. The van der Waals surface area contributed by atoms with E-state index in [1.807, 2.05) is 18.7 Å². The van der Waals surface area contributed by atoms with Gasteiger partial charge in [0.15, 0.2) is 11.3 Å². The lowest BCUT2D eigenvalue weighted by Gasteiger charge is -2.20. The molecule has 0 unspecified atom stereocenters. The molecule has 0 amide bonds. The standard InChI is InChI=1S/C20H27N5/c1-8-25(9-2)20-18-17(21-15(6)22-20)19(24(7)23-18)16-13(4)10-12(3)11-14(16)5/h10-11H,8-9H2,1-7H3. The van der Waals surface area contributed by atoms with Gasteiger partial charge in [-0.3, -0.25) is 4.68 Å². The Morgan fingerprint density at radius 1 is 0.920 bits per heavy atom. The molecule has 0 aliphatic heterocycles. The summed E-state index contributed by atoms with van der Waals surface area (Å²) in [6.45, 7) is 14.5. The van der Waals surface area contributed by atoms with Crippen molar-refractivity contribution in [3.63, 3.8) is 0 Å². The molecule has 25 heavy (non-hydrogen) atoms. The van der Waals surface area contributed by atoms with Crippen molar-refractivity contribution in [3.05, 3.63) is 34.6 Å². The van der Waals surface area contributed by atoms with E-state index < -0.39 is 0 Å². The van der Waals surface area contributed by atoms with Crippen molar-refractivity contribution in [1.82, 2.24) is 19.7 Å². The Morgan fingerprint density at radius 2 is 1.52 bits per heavy atom. The van der Waals surface area contributed by atoms with Crippen LogP contribution in [0.4, 0.5) is 5.82 Å². The number of aromatic nitrogens is 4. The van der Waals surface area contributed by atoms with Crippen LogP contribution >= 0.6 is 0 Å². The molecule has 3 rings (SSSR count). The van der Waals surface area contributed by atoms with Gasteiger partial charge in [0.1, 0.15) is 11.3 Å². The van der Waals surface area contributed by atoms with E-state index in [1.54, 1.807) is 0 Å². The van der Waals surface area contributed by atoms with Crippen molar-refractivity contribution in [2.24, 2.45) is 7.05 Å². The molecular weight excluding hydrogens is 310 g/mol. The predicted molar refractivity (Wildman–Crippen MR) is 104 cm³/mol. The number of anilines is 1. The zero-order valence-electron chi connectivity index (χ0n) is 16.3. The van der Waals surface area contributed by atoms with Gasteiger partial charge in [0, 0.05) is 25.7 Å². The van der Waals surface area contributed by atoms with E-state index in [-0.39, 0.29) is 0 Å². The van der Waals surface area contributed by atoms with Crippen molar-refractivity contribution < 1.29 is 0 Å². The highest BCUT2D eigenvalue weighted by atomic mass is 15.3. The molecule has 5 heteroatoms. The van der Waals surface area contributed by atoms with Gasteiger partial charge < -0.3 is 4.90 Å². The fraction of sp³-hybridized carbons (Fsp3) is 0.450. The molecule has 0 saturated carbocycles. The molecule has 2 heterocycles. The van der Waals surface area contributed by atoms with E-state index in [0.717, 1.165) is 41.5 Å². The number of benzene rings is 1. The summed E-state index contributed by atoms with van der Waals surface area (Å²) in [5.74, 6) is 1.71. The van der Waals surface area contributed by atoms with Crippen LogP contribution in [0.2, 0.25) is 0 Å². The monoisotopic (exact) mass is 337 g/mol. The minimum Gasteiger partial charge on any atom is -0.355 e. The second kappa shape index (κ2) is 6.47. The minimum absolute atomic E-state index is 0.783. The Morgan fingerprint density at radius 3 is 2.08 bits per heavy atom. The van der Waals surface area contributed by atoms with E-state index >= 15 is 0 Å². The fourth-order valence-corrected chi connectivity index (χ4v) is 3.74. The van der Waals surface area contributed by atoms with Crippen LogP contribution in [0.5, 0.6) is 0 Å². The van der Waals surface area contributed by atoms with E-state index in [4.69, 9.17) is 10.1 Å². The van der Waals surface area contributed by atoms with Crippen LogP contribution in [0.3, 0.4) is 0 Å². The maximum atomic E-state index is 4.80. The number of fused-ring (bicyclic) bond motifs is 1. The first-order valence-corrected chi connectivity index (χ1v) is 8.91. The SMILES string of the molecule is CCN(CC)c1nc(C)nc2c(-c3c(C)cc(C)cc3C)n(C)nc12. The average Bonchev–Trinajstić information content (AvgIpc) is 2.84. The van der Waals surface area contributed by atoms with Crippen molar-refractivity contribution in [3.8, 4) is 11.3 Å². The van der Waals surface area contributed by atoms with Crippen LogP contribution in [0, 0.1) is 27.7 Å². The third-order valence-corrected chi connectivity index (χ3v) is 4.75. The van der Waals surface area contributed by atoms with E-state index in [1.165, 1.54) is 22.3 Å². The molecule has 0 saturated heterocycles. The molecule has 0 fully saturated rings. The first kappa shape index (κ1) is 17.4. The van der Waals surface area contributed by atoms with Gasteiger partial charge in [0.25, 0.3) is 0 Å². The van der Waals surface area contributed by atoms with Gasteiger partial charge in [-0.1, -0.05) is 17.7 Å². The van der Waals surface area contributed by atoms with Crippen molar-refractivity contribution in [2.75, 3.05) is 18.0 Å². The molecule has 2 aromatic heterocycles. The van der Waals surface area contributed by atoms with Crippen LogP contribution in [-0.2, 0) is 7.05 Å². The second-order valence-corrected chi connectivity index (χ2v) is 6.71. The summed E-state index contributed by atoms with van der Waals surface area (Å²) < 4.78 is 1.95. The van der Waals surface area contributed by atoms with Crippen LogP contribution in [-0.4, -0.2) is 32.8 Å². The lowest BCUT2D eigenvalue weighted by Crippen LogP contribution is -2.23. The molecule has 0 bridgehead atoms. The average molecular weight is 337 g/mol. The third kappa shape index (κ3) is 2.88. The zero-order chi connectivity index (χ0) is 18.3. The number of rotatable bonds is 4. The van der Waals surface area contributed by atoms with Gasteiger partial charge in [-0.25, -0.2) is 9.97 Å². The Hall–Kier alpha value is -2.43. The number of hydrogen-bond donors (Lipinski definition) is 0. The minimum atomic E-state index is 0.783. The lowest BCUT2D eigenvalue weighted by molar-refractivity contribution is 0.781. The highest BCUT2D eigenvalue weighted by Crippen LogP contribution is 2.35. The Balaban J connectivity index is 2.37. The molecule has 132 valence electrons. The topological polar surface area (TPSA) is 46.8 Å². The molecule has 0 N–H and O–H groups in total. The molecule has 0 aliphatic rings. The van der Waals surface area contributed by atoms with Crippen molar-refractivity contribution >= 4 is 16.9 Å². The Labute approximate surface area is 149 Å². The summed E-state index contributed by atoms with van der Waals surface area (Å²) in [5, 5.41) is 4.80. The second-order valence-electron chi connectivity index (χ2n) is 6.71. The number of aryl methyl sites for hydroxylation is 5. The summed E-state index contributed by atoms with van der Waals surface area (Å²) in [6.07, 6.45) is 0. The van der Waals surface area contributed by atoms with Gasteiger partial charge in [0.05, 0.1) is 5.69 Å². The van der Waals surface area contributed by atoms with Gasteiger partial charge >= 0.3 is 0 Å². The zero-order valence-corrected chi connectivity index (χ0v) is 16.3. The molecule has 0 aliphatic carbocycles. The van der Waals surface area contributed by atoms with Crippen LogP contribution in [0.15, 0.2) is 12.1 Å². The fourth-order valence-electron chi connectivity index (χ4n) is 3.74. The van der Waals surface area contributed by atoms with E-state index in [9.17, 15) is 0 Å². The first-order valence-electron chi connectivity index (χ1n) is 8.91. The molecule has 5 nitrogen and oxygen atoms in total. The van der Waals surface area contributed by atoms with Gasteiger partial charge in [-0.05, 0) is 52.7 Å². The van der Waals surface area contributed by atoms with Gasteiger partial charge in [-0.2, -0.15) is 5.10 Å². The predicted octanol–water partition coefficient (Wildman–Crippen LogP) is 4.11. The number of hydrogen-bond acceptors (Lipinski definition) is 4. The summed E-state index contributed by atoms with van der Waals surface area (Å²) in [7, 11) is 2.00. The molecule has 1 aromatic carbocycles. The molecule has 3 aromatic rings. The maximum absolute atomic E-state index is 4.80. The highest BCUT2D eigenvalue weighted by molar-refractivity contribution is 5.97. The summed E-state index contributed by atoms with van der Waals surface area (Å²) in [6, 6.07) is 4.45. The molecule has 0 atom stereocenters. The van der Waals surface area contributed by atoms with Crippen molar-refractivity contribution in [1.29, 1.82) is 0 Å².